The van der Waals surface area contributed by atoms with E-state index in [1.165, 1.54) is 0 Å². The number of amides is 1. The second-order valence-electron chi connectivity index (χ2n) is 6.59. The Bertz CT molecular complexity index is 743. The summed E-state index contributed by atoms with van der Waals surface area (Å²) in [6.45, 7) is 5.51. The van der Waals surface area contributed by atoms with E-state index in [4.69, 9.17) is 11.6 Å². The predicted octanol–water partition coefficient (Wildman–Crippen LogP) is 3.05. The van der Waals surface area contributed by atoms with Crippen molar-refractivity contribution in [2.45, 2.75) is 13.0 Å². The van der Waals surface area contributed by atoms with Crippen LogP contribution in [0.25, 0.3) is 0 Å². The molecule has 1 heterocycles. The second-order valence-corrected chi connectivity index (χ2v) is 7.03. The average Bonchev–Trinajstić information content (AvgIpc) is 2.63. The number of phenols is 1. The molecule has 0 saturated carbocycles. The van der Waals surface area contributed by atoms with Gasteiger partial charge in [0.2, 0.25) is 5.91 Å². The van der Waals surface area contributed by atoms with E-state index in [9.17, 15) is 9.90 Å². The molecule has 0 radical (unpaired) electrons. The molecule has 2 N–H and O–H groups in total. The predicted molar refractivity (Wildman–Crippen MR) is 105 cm³/mol. The van der Waals surface area contributed by atoms with Gasteiger partial charge in [0, 0.05) is 31.2 Å². The smallest absolute Gasteiger partial charge is 0.234 e. The van der Waals surface area contributed by atoms with Gasteiger partial charge in [-0.2, -0.15) is 0 Å². The summed E-state index contributed by atoms with van der Waals surface area (Å²) in [6.07, 6.45) is 0. The van der Waals surface area contributed by atoms with Crippen LogP contribution >= 0.6 is 11.6 Å². The van der Waals surface area contributed by atoms with Crippen LogP contribution in [0, 0.1) is 0 Å². The minimum atomic E-state index is -0.0534. The minimum Gasteiger partial charge on any atom is -0.506 e. The van der Waals surface area contributed by atoms with Gasteiger partial charge in [-0.1, -0.05) is 35.9 Å². The molecule has 5 nitrogen and oxygen atoms in total. The summed E-state index contributed by atoms with van der Waals surface area (Å²) in [5.41, 5.74) is 1.89. The van der Waals surface area contributed by atoms with Gasteiger partial charge < -0.3 is 15.3 Å². The molecule has 26 heavy (non-hydrogen) atoms. The fourth-order valence-electron chi connectivity index (χ4n) is 3.20. The molecule has 1 saturated heterocycles. The zero-order chi connectivity index (χ0) is 18.5. The summed E-state index contributed by atoms with van der Waals surface area (Å²) < 4.78 is 0. The number of halogens is 1. The standard InChI is InChI=1S/C20H24ClN3O2/c1-15(16-6-8-17(21)9-7-16)22-20(26)14-23-10-12-24(13-11-23)18-4-2-3-5-19(18)25/h2-9,15,25H,10-14H2,1H3,(H,22,26). The molecule has 1 amide bonds. The average molecular weight is 374 g/mol. The lowest BCUT2D eigenvalue weighted by Crippen LogP contribution is -2.49. The third kappa shape index (κ3) is 4.68. The SMILES string of the molecule is CC(NC(=O)CN1CCN(c2ccccc2O)CC1)c1ccc(Cl)cc1. The number of rotatable bonds is 5. The van der Waals surface area contributed by atoms with Crippen LogP contribution in [0.1, 0.15) is 18.5 Å². The number of phenolic OH excluding ortho intramolecular Hbond substituents is 1. The number of carbonyl (C=O) groups is 1. The fourth-order valence-corrected chi connectivity index (χ4v) is 3.33. The van der Waals surface area contributed by atoms with E-state index in [1.807, 2.05) is 49.4 Å². The van der Waals surface area contributed by atoms with Gasteiger partial charge >= 0.3 is 0 Å². The number of aromatic hydroxyl groups is 1. The monoisotopic (exact) mass is 373 g/mol. The molecule has 0 aromatic heterocycles. The molecule has 2 aromatic rings. The Balaban J connectivity index is 1.47. The van der Waals surface area contributed by atoms with Crippen molar-refractivity contribution in [1.82, 2.24) is 10.2 Å². The fraction of sp³-hybridized carbons (Fsp3) is 0.350. The van der Waals surface area contributed by atoms with Gasteiger partial charge in [0.05, 0.1) is 18.3 Å². The van der Waals surface area contributed by atoms with E-state index < -0.39 is 0 Å². The van der Waals surface area contributed by atoms with Crippen LogP contribution in [-0.4, -0.2) is 48.6 Å². The van der Waals surface area contributed by atoms with Crippen LogP contribution < -0.4 is 10.2 Å². The van der Waals surface area contributed by atoms with E-state index in [2.05, 4.69) is 15.1 Å². The van der Waals surface area contributed by atoms with Crippen molar-refractivity contribution in [1.29, 1.82) is 0 Å². The number of para-hydroxylation sites is 2. The first-order valence-corrected chi connectivity index (χ1v) is 9.21. The summed E-state index contributed by atoms with van der Waals surface area (Å²) >= 11 is 5.90. The van der Waals surface area contributed by atoms with Gasteiger partial charge in [-0.3, -0.25) is 9.69 Å². The van der Waals surface area contributed by atoms with Gasteiger partial charge in [-0.05, 0) is 36.8 Å². The van der Waals surface area contributed by atoms with Gasteiger partial charge in [0.25, 0.3) is 0 Å². The molecule has 0 aliphatic carbocycles. The number of hydrogen-bond acceptors (Lipinski definition) is 4. The van der Waals surface area contributed by atoms with Crippen molar-refractivity contribution in [3.05, 3.63) is 59.1 Å². The molecule has 3 rings (SSSR count). The van der Waals surface area contributed by atoms with Gasteiger partial charge in [-0.15, -0.1) is 0 Å². The van der Waals surface area contributed by atoms with Crippen molar-refractivity contribution in [2.24, 2.45) is 0 Å². The van der Waals surface area contributed by atoms with Gasteiger partial charge in [0.15, 0.2) is 0 Å². The van der Waals surface area contributed by atoms with E-state index in [0.717, 1.165) is 37.4 Å². The topological polar surface area (TPSA) is 55.8 Å². The molecule has 0 spiro atoms. The number of carbonyl (C=O) groups excluding carboxylic acids is 1. The number of hydrogen-bond donors (Lipinski definition) is 2. The Labute approximate surface area is 159 Å². The highest BCUT2D eigenvalue weighted by atomic mass is 35.5. The number of nitrogens with zero attached hydrogens (tertiary/aromatic N) is 2. The number of piperazine rings is 1. The van der Waals surface area contributed by atoms with E-state index in [0.29, 0.717) is 17.3 Å². The van der Waals surface area contributed by atoms with Crippen molar-refractivity contribution in [3.8, 4) is 5.75 Å². The van der Waals surface area contributed by atoms with Crippen molar-refractivity contribution in [3.63, 3.8) is 0 Å². The van der Waals surface area contributed by atoms with Gasteiger partial charge in [-0.25, -0.2) is 0 Å². The summed E-state index contributed by atoms with van der Waals surface area (Å²) in [4.78, 5) is 16.6. The Morgan fingerprint density at radius 3 is 2.42 bits per heavy atom. The number of nitrogens with one attached hydrogen (secondary N) is 1. The van der Waals surface area contributed by atoms with E-state index in [1.54, 1.807) is 6.07 Å². The summed E-state index contributed by atoms with van der Waals surface area (Å²) in [5, 5.41) is 13.7. The first kappa shape index (κ1) is 18.5. The van der Waals surface area contributed by atoms with Crippen LogP contribution in [0.5, 0.6) is 5.75 Å². The van der Waals surface area contributed by atoms with Crippen LogP contribution in [-0.2, 0) is 4.79 Å². The molecule has 1 aliphatic rings. The summed E-state index contributed by atoms with van der Waals surface area (Å²) in [7, 11) is 0. The van der Waals surface area contributed by atoms with Crippen LogP contribution in [0.4, 0.5) is 5.69 Å². The molecule has 6 heteroatoms. The molecule has 1 unspecified atom stereocenters. The summed E-state index contributed by atoms with van der Waals surface area (Å²) in [6, 6.07) is 14.8. The summed E-state index contributed by atoms with van der Waals surface area (Å²) in [5.74, 6) is 0.318. The quantitative estimate of drug-likeness (QED) is 0.845. The minimum absolute atomic E-state index is 0.0171. The van der Waals surface area contributed by atoms with Crippen molar-refractivity contribution >= 4 is 23.2 Å². The molecule has 0 bridgehead atoms. The van der Waals surface area contributed by atoms with Crippen LogP contribution in [0.3, 0.4) is 0 Å². The number of benzene rings is 2. The van der Waals surface area contributed by atoms with Crippen LogP contribution in [0.15, 0.2) is 48.5 Å². The maximum Gasteiger partial charge on any atom is 0.234 e. The molecule has 1 aliphatic heterocycles. The van der Waals surface area contributed by atoms with Crippen molar-refractivity contribution in [2.75, 3.05) is 37.6 Å². The Morgan fingerprint density at radius 2 is 1.77 bits per heavy atom. The Morgan fingerprint density at radius 1 is 1.12 bits per heavy atom. The maximum atomic E-state index is 12.3. The zero-order valence-electron chi connectivity index (χ0n) is 14.9. The third-order valence-electron chi connectivity index (χ3n) is 4.71. The molecular formula is C20H24ClN3O2. The highest BCUT2D eigenvalue weighted by molar-refractivity contribution is 6.30. The highest BCUT2D eigenvalue weighted by Gasteiger charge is 2.21. The van der Waals surface area contributed by atoms with Crippen LogP contribution in [0.2, 0.25) is 5.02 Å². The largest absolute Gasteiger partial charge is 0.506 e. The first-order chi connectivity index (χ1) is 12.5. The van der Waals surface area contributed by atoms with E-state index in [-0.39, 0.29) is 11.9 Å². The molecule has 1 atom stereocenters. The Hall–Kier alpha value is -2.24. The lowest BCUT2D eigenvalue weighted by molar-refractivity contribution is -0.123. The molecule has 2 aromatic carbocycles. The van der Waals surface area contributed by atoms with Crippen molar-refractivity contribution < 1.29 is 9.90 Å². The zero-order valence-corrected chi connectivity index (χ0v) is 15.6. The van der Waals surface area contributed by atoms with E-state index >= 15 is 0 Å². The first-order valence-electron chi connectivity index (χ1n) is 8.83. The molecular weight excluding hydrogens is 350 g/mol. The lowest BCUT2D eigenvalue weighted by Gasteiger charge is -2.36. The van der Waals surface area contributed by atoms with Gasteiger partial charge in [0.1, 0.15) is 5.75 Å². The second kappa shape index (κ2) is 8.43. The molecule has 138 valence electrons. The maximum absolute atomic E-state index is 12.3. The highest BCUT2D eigenvalue weighted by Crippen LogP contribution is 2.27. The Kier molecular flexibility index (Phi) is 6.01. The lowest BCUT2D eigenvalue weighted by atomic mass is 10.1. The number of anilines is 1. The normalized spacial score (nSPS) is 16.3. The molecule has 1 fully saturated rings. The third-order valence-corrected chi connectivity index (χ3v) is 4.96.